The van der Waals surface area contributed by atoms with E-state index in [-0.39, 0.29) is 11.7 Å². The predicted molar refractivity (Wildman–Crippen MR) is 107 cm³/mol. The Labute approximate surface area is 159 Å². The van der Waals surface area contributed by atoms with Crippen LogP contribution in [0.3, 0.4) is 0 Å². The molecular formula is C23H23NO3. The second-order valence-corrected chi connectivity index (χ2v) is 6.37. The van der Waals surface area contributed by atoms with Crippen LogP contribution in [0.25, 0.3) is 10.8 Å². The summed E-state index contributed by atoms with van der Waals surface area (Å²) in [5.41, 5.74) is 2.33. The Hall–Kier alpha value is -3.14. The van der Waals surface area contributed by atoms with Crippen LogP contribution in [0, 0.1) is 0 Å². The van der Waals surface area contributed by atoms with Crippen LogP contribution in [-0.4, -0.2) is 25.3 Å². The Kier molecular flexibility index (Phi) is 5.87. The fourth-order valence-corrected chi connectivity index (χ4v) is 3.10. The first-order chi connectivity index (χ1) is 13.1. The van der Waals surface area contributed by atoms with Crippen molar-refractivity contribution in [2.24, 2.45) is 0 Å². The molecule has 1 N–H and O–H groups in total. The molecule has 0 bridgehead atoms. The Morgan fingerprint density at radius 3 is 2.44 bits per heavy atom. The molecule has 0 spiro atoms. The van der Waals surface area contributed by atoms with Gasteiger partial charge in [0.15, 0.2) is 5.78 Å². The molecule has 0 radical (unpaired) electrons. The van der Waals surface area contributed by atoms with Crippen LogP contribution >= 0.6 is 0 Å². The fraction of sp³-hybridized carbons (Fsp3) is 0.217. The molecule has 4 nitrogen and oxygen atoms in total. The molecular weight excluding hydrogens is 338 g/mol. The molecule has 0 aromatic heterocycles. The van der Waals surface area contributed by atoms with Crippen LogP contribution in [0.15, 0.2) is 60.7 Å². The lowest BCUT2D eigenvalue weighted by atomic mass is 9.94. The average Bonchev–Trinajstić information content (AvgIpc) is 2.73. The third-order valence-corrected chi connectivity index (χ3v) is 4.58. The van der Waals surface area contributed by atoms with Gasteiger partial charge in [-0.1, -0.05) is 43.3 Å². The maximum Gasteiger partial charge on any atom is 0.219 e. The van der Waals surface area contributed by atoms with Gasteiger partial charge in [-0.05, 0) is 47.0 Å². The lowest BCUT2D eigenvalue weighted by Crippen LogP contribution is -2.24. The summed E-state index contributed by atoms with van der Waals surface area (Å²) >= 11 is 0. The number of carbonyl (C=O) groups is 2. The standard InChI is InChI=1S/C23H23NO3/c1-3-22(25)24-12-11-18-14-19(23(26)16-7-5-4-6-8-16)13-17-9-10-20(27-2)15-21(17)18/h4-10,13-15H,3,11-12H2,1-2H3,(H,24,25). The number of methoxy groups -OCH3 is 1. The van der Waals surface area contributed by atoms with E-state index in [4.69, 9.17) is 4.74 Å². The number of carbonyl (C=O) groups excluding carboxylic acids is 2. The second kappa shape index (κ2) is 8.49. The summed E-state index contributed by atoms with van der Waals surface area (Å²) in [4.78, 5) is 24.4. The highest BCUT2D eigenvalue weighted by atomic mass is 16.5. The van der Waals surface area contributed by atoms with Crippen LogP contribution in [0.1, 0.15) is 34.8 Å². The van der Waals surface area contributed by atoms with Gasteiger partial charge >= 0.3 is 0 Å². The van der Waals surface area contributed by atoms with Crippen LogP contribution in [0.2, 0.25) is 0 Å². The van der Waals surface area contributed by atoms with Gasteiger partial charge in [0.25, 0.3) is 0 Å². The number of hydrogen-bond donors (Lipinski definition) is 1. The van der Waals surface area contributed by atoms with Crippen molar-refractivity contribution in [2.75, 3.05) is 13.7 Å². The molecule has 0 atom stereocenters. The minimum Gasteiger partial charge on any atom is -0.497 e. The Bertz CT molecular complexity index is 964. The van der Waals surface area contributed by atoms with E-state index in [2.05, 4.69) is 5.32 Å². The highest BCUT2D eigenvalue weighted by Gasteiger charge is 2.13. The molecule has 4 heteroatoms. The maximum absolute atomic E-state index is 12.9. The molecule has 3 rings (SSSR count). The molecule has 0 aliphatic heterocycles. The van der Waals surface area contributed by atoms with Gasteiger partial charge < -0.3 is 10.1 Å². The molecule has 0 fully saturated rings. The first-order valence-corrected chi connectivity index (χ1v) is 9.09. The lowest BCUT2D eigenvalue weighted by molar-refractivity contribution is -0.120. The minimum atomic E-state index is -0.00726. The predicted octanol–water partition coefficient (Wildman–Crippen LogP) is 4.15. The molecule has 0 unspecified atom stereocenters. The van der Waals surface area contributed by atoms with E-state index in [9.17, 15) is 9.59 Å². The number of nitrogens with one attached hydrogen (secondary N) is 1. The quantitative estimate of drug-likeness (QED) is 0.643. The van der Waals surface area contributed by atoms with Crippen molar-refractivity contribution in [1.29, 1.82) is 0 Å². The number of benzene rings is 3. The molecule has 0 heterocycles. The molecule has 0 saturated heterocycles. The van der Waals surface area contributed by atoms with E-state index in [1.807, 2.05) is 67.6 Å². The fourth-order valence-electron chi connectivity index (χ4n) is 3.10. The van der Waals surface area contributed by atoms with Crippen molar-refractivity contribution < 1.29 is 14.3 Å². The molecule has 0 saturated carbocycles. The van der Waals surface area contributed by atoms with E-state index in [1.54, 1.807) is 7.11 Å². The van der Waals surface area contributed by atoms with Gasteiger partial charge in [-0.25, -0.2) is 0 Å². The largest absolute Gasteiger partial charge is 0.497 e. The summed E-state index contributed by atoms with van der Waals surface area (Å²) in [7, 11) is 1.63. The van der Waals surface area contributed by atoms with Crippen LogP contribution < -0.4 is 10.1 Å². The Balaban J connectivity index is 2.00. The summed E-state index contributed by atoms with van der Waals surface area (Å²) in [6.45, 7) is 2.36. The van der Waals surface area contributed by atoms with E-state index in [0.717, 1.165) is 22.1 Å². The van der Waals surface area contributed by atoms with Crippen LogP contribution in [0.4, 0.5) is 0 Å². The van der Waals surface area contributed by atoms with Gasteiger partial charge in [0.2, 0.25) is 5.91 Å². The monoisotopic (exact) mass is 361 g/mol. The van der Waals surface area contributed by atoms with E-state index in [1.165, 1.54) is 0 Å². The number of fused-ring (bicyclic) bond motifs is 1. The van der Waals surface area contributed by atoms with Gasteiger partial charge in [0.05, 0.1) is 7.11 Å². The average molecular weight is 361 g/mol. The molecule has 3 aromatic rings. The Morgan fingerprint density at radius 1 is 0.963 bits per heavy atom. The van der Waals surface area contributed by atoms with Crippen molar-refractivity contribution >= 4 is 22.5 Å². The highest BCUT2D eigenvalue weighted by Crippen LogP contribution is 2.27. The van der Waals surface area contributed by atoms with E-state index in [0.29, 0.717) is 30.5 Å². The minimum absolute atomic E-state index is 0.00726. The lowest BCUT2D eigenvalue weighted by Gasteiger charge is -2.12. The van der Waals surface area contributed by atoms with Gasteiger partial charge in [-0.15, -0.1) is 0 Å². The van der Waals surface area contributed by atoms with Crippen molar-refractivity contribution in [3.05, 3.63) is 77.4 Å². The first-order valence-electron chi connectivity index (χ1n) is 9.09. The summed E-state index contributed by atoms with van der Waals surface area (Å²) < 4.78 is 5.35. The van der Waals surface area contributed by atoms with Crippen molar-refractivity contribution in [2.45, 2.75) is 19.8 Å². The molecule has 1 amide bonds. The smallest absolute Gasteiger partial charge is 0.219 e. The van der Waals surface area contributed by atoms with E-state index >= 15 is 0 Å². The third-order valence-electron chi connectivity index (χ3n) is 4.58. The topological polar surface area (TPSA) is 55.4 Å². The van der Waals surface area contributed by atoms with Gasteiger partial charge in [0, 0.05) is 24.1 Å². The van der Waals surface area contributed by atoms with Gasteiger partial charge in [0.1, 0.15) is 5.75 Å². The maximum atomic E-state index is 12.9. The van der Waals surface area contributed by atoms with E-state index < -0.39 is 0 Å². The van der Waals surface area contributed by atoms with Crippen molar-refractivity contribution in [3.8, 4) is 5.75 Å². The summed E-state index contributed by atoms with van der Waals surface area (Å²) in [5, 5.41) is 4.91. The SMILES string of the molecule is CCC(=O)NCCc1cc(C(=O)c2ccccc2)cc2ccc(OC)cc12. The highest BCUT2D eigenvalue weighted by molar-refractivity contribution is 6.11. The zero-order chi connectivity index (χ0) is 19.2. The Morgan fingerprint density at radius 2 is 1.74 bits per heavy atom. The van der Waals surface area contributed by atoms with Gasteiger partial charge in [-0.3, -0.25) is 9.59 Å². The number of ketones is 1. The number of ether oxygens (including phenoxy) is 1. The second-order valence-electron chi connectivity index (χ2n) is 6.37. The summed E-state index contributed by atoms with van der Waals surface area (Å²) in [6.07, 6.45) is 1.10. The third kappa shape index (κ3) is 4.34. The molecule has 3 aromatic carbocycles. The summed E-state index contributed by atoms with van der Waals surface area (Å²) in [5.74, 6) is 0.782. The van der Waals surface area contributed by atoms with Crippen molar-refractivity contribution in [3.63, 3.8) is 0 Å². The number of amides is 1. The zero-order valence-electron chi connectivity index (χ0n) is 15.6. The molecule has 0 aliphatic rings. The summed E-state index contributed by atoms with van der Waals surface area (Å²) in [6, 6.07) is 18.9. The first kappa shape index (κ1) is 18.6. The molecule has 138 valence electrons. The van der Waals surface area contributed by atoms with Crippen LogP contribution in [0.5, 0.6) is 5.75 Å². The number of rotatable bonds is 7. The molecule has 27 heavy (non-hydrogen) atoms. The zero-order valence-corrected chi connectivity index (χ0v) is 15.6. The van der Waals surface area contributed by atoms with Gasteiger partial charge in [-0.2, -0.15) is 0 Å². The van der Waals surface area contributed by atoms with Crippen molar-refractivity contribution in [1.82, 2.24) is 5.32 Å². The normalized spacial score (nSPS) is 10.6. The van der Waals surface area contributed by atoms with Crippen LogP contribution in [-0.2, 0) is 11.2 Å². The number of hydrogen-bond acceptors (Lipinski definition) is 3. The molecule has 0 aliphatic carbocycles.